The minimum absolute atomic E-state index is 0.153. The molecule has 0 aliphatic rings. The number of rotatable bonds is 10. The van der Waals surface area contributed by atoms with Gasteiger partial charge < -0.3 is 15.0 Å². The number of hydrogen-bond donors (Lipinski definition) is 3. The van der Waals surface area contributed by atoms with Gasteiger partial charge in [0.1, 0.15) is 11.8 Å². The summed E-state index contributed by atoms with van der Waals surface area (Å²) in [5.41, 5.74) is 3.37. The van der Waals surface area contributed by atoms with E-state index in [1.807, 2.05) is 71.5 Å². The van der Waals surface area contributed by atoms with Crippen LogP contribution in [-0.4, -0.2) is 40.6 Å². The van der Waals surface area contributed by atoms with Crippen molar-refractivity contribution in [3.05, 3.63) is 115 Å². The van der Waals surface area contributed by atoms with Crippen molar-refractivity contribution in [1.82, 2.24) is 10.0 Å². The second kappa shape index (κ2) is 12.8. The SMILES string of the molecule is COc1ccc(N(C)C(=O)[C@H](Cc2ccccc2)NC(=O)NS(=O)(=O)Nc2cccc(-c3ccccc3)c2)cc1. The summed E-state index contributed by atoms with van der Waals surface area (Å²) >= 11 is 0. The molecule has 0 aliphatic heterocycles. The highest BCUT2D eigenvalue weighted by atomic mass is 32.2. The predicted octanol–water partition coefficient (Wildman–Crippen LogP) is 4.59. The van der Waals surface area contributed by atoms with Crippen molar-refractivity contribution >= 4 is 33.5 Å². The molecule has 10 heteroatoms. The van der Waals surface area contributed by atoms with Gasteiger partial charge in [-0.1, -0.05) is 72.8 Å². The van der Waals surface area contributed by atoms with E-state index in [2.05, 4.69) is 10.0 Å². The van der Waals surface area contributed by atoms with Gasteiger partial charge in [0, 0.05) is 19.2 Å². The Kier molecular flexibility index (Phi) is 9.03. The van der Waals surface area contributed by atoms with Crippen molar-refractivity contribution in [2.45, 2.75) is 12.5 Å². The van der Waals surface area contributed by atoms with Crippen LogP contribution in [0.5, 0.6) is 5.75 Å². The number of urea groups is 1. The summed E-state index contributed by atoms with van der Waals surface area (Å²) in [6, 6.07) is 30.2. The Hall–Kier alpha value is -4.83. The third-order valence-electron chi connectivity index (χ3n) is 6.13. The van der Waals surface area contributed by atoms with Crippen LogP contribution in [0.15, 0.2) is 109 Å². The standard InChI is InChI=1S/C30H30N4O5S/c1-34(26-16-18-27(39-2)19-17-26)29(35)28(20-22-10-5-3-6-11-22)31-30(36)33-40(37,38)32-25-15-9-14-24(21-25)23-12-7-4-8-13-23/h3-19,21,28,32H,20H2,1-2H3,(H2,31,33,36)/t28-/m0/s1. The molecule has 206 valence electrons. The highest BCUT2D eigenvalue weighted by Crippen LogP contribution is 2.23. The molecule has 0 bridgehead atoms. The summed E-state index contributed by atoms with van der Waals surface area (Å²) in [7, 11) is -1.18. The van der Waals surface area contributed by atoms with Crippen LogP contribution < -0.4 is 24.4 Å². The molecule has 0 saturated heterocycles. The average molecular weight is 559 g/mol. The zero-order valence-electron chi connectivity index (χ0n) is 22.1. The van der Waals surface area contributed by atoms with Gasteiger partial charge >= 0.3 is 16.2 Å². The van der Waals surface area contributed by atoms with E-state index in [1.165, 1.54) is 4.90 Å². The lowest BCUT2D eigenvalue weighted by atomic mass is 10.0. The number of methoxy groups -OCH3 is 1. The maximum absolute atomic E-state index is 13.5. The number of carbonyl (C=O) groups is 2. The Morgan fingerprint density at radius 1 is 0.825 bits per heavy atom. The first kappa shape index (κ1) is 28.2. The molecule has 4 aromatic carbocycles. The molecule has 4 rings (SSSR count). The van der Waals surface area contributed by atoms with E-state index in [1.54, 1.807) is 56.6 Å². The van der Waals surface area contributed by atoms with Crippen LogP contribution in [0.25, 0.3) is 11.1 Å². The molecule has 0 aliphatic carbocycles. The van der Waals surface area contributed by atoms with Crippen LogP contribution in [0.2, 0.25) is 0 Å². The lowest BCUT2D eigenvalue weighted by molar-refractivity contribution is -0.120. The van der Waals surface area contributed by atoms with Gasteiger partial charge in [0.05, 0.1) is 12.8 Å². The highest BCUT2D eigenvalue weighted by molar-refractivity contribution is 7.91. The molecule has 0 aromatic heterocycles. The van der Waals surface area contributed by atoms with E-state index in [0.29, 0.717) is 11.4 Å². The van der Waals surface area contributed by atoms with Crippen LogP contribution in [-0.2, 0) is 21.4 Å². The Morgan fingerprint density at radius 2 is 1.45 bits per heavy atom. The first-order valence-electron chi connectivity index (χ1n) is 12.5. The number of ether oxygens (including phenoxy) is 1. The summed E-state index contributed by atoms with van der Waals surface area (Å²) in [5.74, 6) is 0.208. The number of hydrogen-bond acceptors (Lipinski definition) is 5. The predicted molar refractivity (Wildman–Crippen MR) is 156 cm³/mol. The van der Waals surface area contributed by atoms with Gasteiger partial charge in [-0.05, 0) is 53.1 Å². The Morgan fingerprint density at radius 3 is 2.10 bits per heavy atom. The fourth-order valence-corrected chi connectivity index (χ4v) is 4.89. The molecular weight excluding hydrogens is 528 g/mol. The van der Waals surface area contributed by atoms with Crippen LogP contribution in [0.3, 0.4) is 0 Å². The van der Waals surface area contributed by atoms with Gasteiger partial charge in [0.15, 0.2) is 0 Å². The Balaban J connectivity index is 1.47. The maximum Gasteiger partial charge on any atom is 0.330 e. The quantitative estimate of drug-likeness (QED) is 0.263. The molecule has 0 unspecified atom stereocenters. The summed E-state index contributed by atoms with van der Waals surface area (Å²) in [4.78, 5) is 27.7. The van der Waals surface area contributed by atoms with Crippen LogP contribution in [0, 0.1) is 0 Å². The normalized spacial score (nSPS) is 11.7. The molecule has 3 N–H and O–H groups in total. The summed E-state index contributed by atoms with van der Waals surface area (Å²) in [6.07, 6.45) is 0.153. The van der Waals surface area contributed by atoms with Crippen molar-refractivity contribution in [1.29, 1.82) is 0 Å². The van der Waals surface area contributed by atoms with Crippen molar-refractivity contribution in [3.8, 4) is 16.9 Å². The monoisotopic (exact) mass is 558 g/mol. The average Bonchev–Trinajstić information content (AvgIpc) is 2.96. The van der Waals surface area contributed by atoms with E-state index in [9.17, 15) is 18.0 Å². The molecule has 40 heavy (non-hydrogen) atoms. The first-order chi connectivity index (χ1) is 19.2. The molecular formula is C30H30N4O5S. The zero-order chi connectivity index (χ0) is 28.5. The molecule has 0 fully saturated rings. The largest absolute Gasteiger partial charge is 0.497 e. The number of nitrogens with zero attached hydrogens (tertiary/aromatic N) is 1. The minimum atomic E-state index is -4.31. The fraction of sp³-hybridized carbons (Fsp3) is 0.133. The van der Waals surface area contributed by atoms with Gasteiger partial charge in [-0.25, -0.2) is 9.52 Å². The molecule has 1 atom stereocenters. The van der Waals surface area contributed by atoms with Gasteiger partial charge in [0.25, 0.3) is 0 Å². The van der Waals surface area contributed by atoms with Crippen LogP contribution in [0.4, 0.5) is 16.2 Å². The van der Waals surface area contributed by atoms with E-state index >= 15 is 0 Å². The molecule has 9 nitrogen and oxygen atoms in total. The van der Waals surface area contributed by atoms with Gasteiger partial charge in [-0.2, -0.15) is 8.42 Å². The topological polar surface area (TPSA) is 117 Å². The first-order valence-corrected chi connectivity index (χ1v) is 13.9. The highest BCUT2D eigenvalue weighted by Gasteiger charge is 2.27. The molecule has 0 radical (unpaired) electrons. The van der Waals surface area contributed by atoms with E-state index < -0.39 is 28.2 Å². The van der Waals surface area contributed by atoms with Crippen molar-refractivity contribution in [2.75, 3.05) is 23.8 Å². The molecule has 0 saturated carbocycles. The molecule has 3 amide bonds. The van der Waals surface area contributed by atoms with Crippen molar-refractivity contribution in [3.63, 3.8) is 0 Å². The third kappa shape index (κ3) is 7.61. The number of likely N-dealkylation sites (N-methyl/N-ethyl adjacent to an activating group) is 1. The van der Waals surface area contributed by atoms with Crippen LogP contribution >= 0.6 is 0 Å². The van der Waals surface area contributed by atoms with Crippen molar-refractivity contribution in [2.24, 2.45) is 0 Å². The maximum atomic E-state index is 13.5. The lowest BCUT2D eigenvalue weighted by Gasteiger charge is -2.25. The summed E-state index contributed by atoms with van der Waals surface area (Å²) in [5, 5.41) is 2.53. The summed E-state index contributed by atoms with van der Waals surface area (Å²) in [6.45, 7) is 0. The third-order valence-corrected chi connectivity index (χ3v) is 7.08. The van der Waals surface area contributed by atoms with E-state index in [4.69, 9.17) is 4.74 Å². The summed E-state index contributed by atoms with van der Waals surface area (Å²) < 4.78 is 35.1. The number of nitrogens with one attached hydrogen (secondary N) is 3. The molecule has 4 aromatic rings. The Labute approximate surface area is 234 Å². The Bertz CT molecular complexity index is 1550. The van der Waals surface area contributed by atoms with Gasteiger partial charge in [-0.3, -0.25) is 9.52 Å². The number of carbonyl (C=O) groups excluding carboxylic acids is 2. The molecule has 0 spiro atoms. The second-order valence-corrected chi connectivity index (χ2v) is 10.4. The number of amides is 3. The van der Waals surface area contributed by atoms with Crippen molar-refractivity contribution < 1.29 is 22.7 Å². The van der Waals surface area contributed by atoms with Gasteiger partial charge in [-0.15, -0.1) is 0 Å². The smallest absolute Gasteiger partial charge is 0.330 e. The van der Waals surface area contributed by atoms with Crippen LogP contribution in [0.1, 0.15) is 5.56 Å². The fourth-order valence-electron chi connectivity index (χ4n) is 4.10. The van der Waals surface area contributed by atoms with E-state index in [0.717, 1.165) is 16.7 Å². The minimum Gasteiger partial charge on any atom is -0.497 e. The number of benzene rings is 4. The molecule has 0 heterocycles. The lowest BCUT2D eigenvalue weighted by Crippen LogP contribution is -2.53. The number of anilines is 2. The van der Waals surface area contributed by atoms with E-state index in [-0.39, 0.29) is 12.1 Å². The van der Waals surface area contributed by atoms with Gasteiger partial charge in [0.2, 0.25) is 5.91 Å². The second-order valence-electron chi connectivity index (χ2n) is 8.97. The zero-order valence-corrected chi connectivity index (χ0v) is 22.9.